The first kappa shape index (κ1) is 28.0. The molecule has 0 spiro atoms. The Balaban J connectivity index is 1.74. The van der Waals surface area contributed by atoms with Crippen molar-refractivity contribution in [2.45, 2.75) is 57.6 Å². The van der Waals surface area contributed by atoms with Crippen molar-refractivity contribution in [3.05, 3.63) is 75.5 Å². The molecule has 1 aromatic heterocycles. The zero-order chi connectivity index (χ0) is 26.5. The molecule has 1 amide bonds. The fourth-order valence-corrected chi connectivity index (χ4v) is 5.56. The highest BCUT2D eigenvalue weighted by atomic mass is 32.2. The van der Waals surface area contributed by atoms with Gasteiger partial charge >= 0.3 is 0 Å². The van der Waals surface area contributed by atoms with Crippen LogP contribution in [0, 0.1) is 12.8 Å². The van der Waals surface area contributed by atoms with E-state index < -0.39 is 5.60 Å². The van der Waals surface area contributed by atoms with E-state index in [0.29, 0.717) is 29.2 Å². The van der Waals surface area contributed by atoms with Gasteiger partial charge in [0, 0.05) is 47.7 Å². The number of allylic oxidation sites excluding steroid dienone is 4. The number of aromatic nitrogens is 1. The van der Waals surface area contributed by atoms with Crippen LogP contribution in [-0.4, -0.2) is 63.8 Å². The fraction of sp³-hybridized carbons (Fsp3) is 0.500. The SMILES string of the molecule is C=C1/C=C\C=C/N(CC2CCN(CC(C)(C)O)CC2)/C(C)=C\1C(=O)NCc1c(SC)cc(C)[nH]c1=O. The number of pyridine rings is 1. The van der Waals surface area contributed by atoms with Crippen molar-refractivity contribution in [2.75, 3.05) is 32.4 Å². The van der Waals surface area contributed by atoms with E-state index in [-0.39, 0.29) is 18.0 Å². The summed E-state index contributed by atoms with van der Waals surface area (Å²) in [4.78, 5) is 34.1. The van der Waals surface area contributed by atoms with Gasteiger partial charge in [0.2, 0.25) is 0 Å². The van der Waals surface area contributed by atoms with Crippen LogP contribution in [0.15, 0.2) is 63.6 Å². The summed E-state index contributed by atoms with van der Waals surface area (Å²) in [5.74, 6) is 0.244. The number of nitrogens with one attached hydrogen (secondary N) is 2. The highest BCUT2D eigenvalue weighted by molar-refractivity contribution is 7.98. The summed E-state index contributed by atoms with van der Waals surface area (Å²) in [5, 5.41) is 13.1. The second-order valence-corrected chi connectivity index (χ2v) is 11.2. The van der Waals surface area contributed by atoms with E-state index in [1.165, 1.54) is 11.8 Å². The predicted molar refractivity (Wildman–Crippen MR) is 148 cm³/mol. The number of piperidine rings is 1. The molecule has 3 rings (SSSR count). The summed E-state index contributed by atoms with van der Waals surface area (Å²) in [7, 11) is 0. The van der Waals surface area contributed by atoms with Crippen LogP contribution in [-0.2, 0) is 11.3 Å². The molecule has 0 aromatic carbocycles. The molecule has 36 heavy (non-hydrogen) atoms. The number of carbonyl (C=O) groups is 1. The average Bonchev–Trinajstić information content (AvgIpc) is 2.79. The smallest absolute Gasteiger partial charge is 0.254 e. The number of thioether (sulfide) groups is 1. The molecule has 2 aliphatic heterocycles. The molecule has 3 heterocycles. The van der Waals surface area contributed by atoms with Gasteiger partial charge in [-0.05, 0) is 83.5 Å². The number of β-amino-alcohol motifs (C(OH)–C–C–N with tert-alkyl or cyclic N) is 1. The van der Waals surface area contributed by atoms with Crippen LogP contribution < -0.4 is 10.9 Å². The van der Waals surface area contributed by atoms with E-state index in [1.54, 1.807) is 0 Å². The summed E-state index contributed by atoms with van der Waals surface area (Å²) < 4.78 is 0. The minimum atomic E-state index is -0.688. The van der Waals surface area contributed by atoms with Crippen LogP contribution in [0.25, 0.3) is 0 Å². The third-order valence-corrected chi connectivity index (χ3v) is 7.47. The van der Waals surface area contributed by atoms with Crippen molar-refractivity contribution in [3.63, 3.8) is 0 Å². The van der Waals surface area contributed by atoms with Crippen molar-refractivity contribution >= 4 is 17.7 Å². The Hall–Kier alpha value is -2.55. The second kappa shape index (κ2) is 12.1. The van der Waals surface area contributed by atoms with Crippen LogP contribution >= 0.6 is 11.8 Å². The molecule has 2 aliphatic rings. The number of nitrogens with zero attached hydrogens (tertiary/aromatic N) is 2. The van der Waals surface area contributed by atoms with Crippen molar-refractivity contribution in [1.82, 2.24) is 20.1 Å². The number of carbonyl (C=O) groups excluding carboxylic acids is 1. The van der Waals surface area contributed by atoms with E-state index in [9.17, 15) is 14.7 Å². The Bertz CT molecular complexity index is 1120. The Morgan fingerprint density at radius 2 is 1.97 bits per heavy atom. The minimum absolute atomic E-state index is 0.147. The standard InChI is InChI=1S/C28H40N4O3S/c1-19-9-7-8-12-32(17-22-10-13-31(14-11-22)18-28(4,5)35)21(3)25(19)27(34)29-16-23-24(36-6)15-20(2)30-26(23)33/h7-9,12,15,22,35H,1,10-11,13-14,16-18H2,2-6H3,(H,29,34)(H,30,33)/b9-7-,12-8-,25-21+. The lowest BCUT2D eigenvalue weighted by atomic mass is 9.94. The first-order valence-electron chi connectivity index (χ1n) is 12.5. The zero-order valence-corrected chi connectivity index (χ0v) is 23.0. The van der Waals surface area contributed by atoms with Gasteiger partial charge in [-0.3, -0.25) is 9.59 Å². The number of likely N-dealkylation sites (tertiary alicyclic amines) is 1. The summed E-state index contributed by atoms with van der Waals surface area (Å²) in [6, 6.07) is 1.93. The lowest BCUT2D eigenvalue weighted by molar-refractivity contribution is -0.117. The van der Waals surface area contributed by atoms with Crippen LogP contribution in [0.2, 0.25) is 0 Å². The van der Waals surface area contributed by atoms with Gasteiger partial charge < -0.3 is 25.2 Å². The first-order chi connectivity index (χ1) is 17.0. The second-order valence-electron chi connectivity index (χ2n) is 10.4. The molecule has 0 unspecified atom stereocenters. The number of H-pyrrole nitrogens is 1. The van der Waals surface area contributed by atoms with Gasteiger partial charge in [-0.25, -0.2) is 0 Å². The largest absolute Gasteiger partial charge is 0.389 e. The molecule has 1 fully saturated rings. The van der Waals surface area contributed by atoms with Gasteiger partial charge in [-0.15, -0.1) is 11.8 Å². The molecule has 0 radical (unpaired) electrons. The average molecular weight is 513 g/mol. The van der Waals surface area contributed by atoms with E-state index in [0.717, 1.165) is 48.8 Å². The number of rotatable bonds is 8. The number of aromatic amines is 1. The summed E-state index contributed by atoms with van der Waals surface area (Å²) >= 11 is 1.49. The highest BCUT2D eigenvalue weighted by Crippen LogP contribution is 2.26. The van der Waals surface area contributed by atoms with Gasteiger partial charge in [0.05, 0.1) is 11.2 Å². The number of aliphatic hydroxyl groups is 1. The maximum Gasteiger partial charge on any atom is 0.254 e. The molecule has 196 valence electrons. The minimum Gasteiger partial charge on any atom is -0.389 e. The van der Waals surface area contributed by atoms with Crippen LogP contribution in [0.3, 0.4) is 0 Å². The summed E-state index contributed by atoms with van der Waals surface area (Å²) in [6.45, 7) is 15.2. The monoisotopic (exact) mass is 512 g/mol. The lowest BCUT2D eigenvalue weighted by Gasteiger charge is -2.37. The van der Waals surface area contributed by atoms with Gasteiger partial charge in [0.1, 0.15) is 0 Å². The Morgan fingerprint density at radius 1 is 1.28 bits per heavy atom. The normalized spacial score (nSPS) is 21.7. The van der Waals surface area contributed by atoms with Gasteiger partial charge in [-0.1, -0.05) is 18.7 Å². The first-order valence-corrected chi connectivity index (χ1v) is 13.7. The lowest BCUT2D eigenvalue weighted by Crippen LogP contribution is -2.44. The van der Waals surface area contributed by atoms with Crippen molar-refractivity contribution < 1.29 is 9.90 Å². The van der Waals surface area contributed by atoms with Gasteiger partial charge in [-0.2, -0.15) is 0 Å². The molecular formula is C28H40N4O3S. The third-order valence-electron chi connectivity index (χ3n) is 6.66. The van der Waals surface area contributed by atoms with Crippen molar-refractivity contribution in [1.29, 1.82) is 0 Å². The van der Waals surface area contributed by atoms with E-state index in [4.69, 9.17) is 0 Å². The van der Waals surface area contributed by atoms with Crippen LogP contribution in [0.4, 0.5) is 0 Å². The number of amides is 1. The quantitative estimate of drug-likeness (QED) is 0.460. The summed E-state index contributed by atoms with van der Waals surface area (Å²) in [5.41, 5.74) is 2.51. The van der Waals surface area contributed by atoms with Crippen molar-refractivity contribution in [3.8, 4) is 0 Å². The Labute approximate surface area is 219 Å². The fourth-order valence-electron chi connectivity index (χ4n) is 4.85. The zero-order valence-electron chi connectivity index (χ0n) is 22.2. The molecule has 1 aromatic rings. The van der Waals surface area contributed by atoms with Crippen molar-refractivity contribution in [2.24, 2.45) is 5.92 Å². The van der Waals surface area contributed by atoms with E-state index >= 15 is 0 Å². The Morgan fingerprint density at radius 3 is 2.61 bits per heavy atom. The molecule has 0 aliphatic carbocycles. The molecule has 7 nitrogen and oxygen atoms in total. The maximum absolute atomic E-state index is 13.4. The molecule has 0 saturated carbocycles. The molecule has 3 N–H and O–H groups in total. The highest BCUT2D eigenvalue weighted by Gasteiger charge is 2.26. The van der Waals surface area contributed by atoms with Gasteiger partial charge in [0.15, 0.2) is 0 Å². The predicted octanol–water partition coefficient (Wildman–Crippen LogP) is 3.72. The van der Waals surface area contributed by atoms with E-state index in [2.05, 4.69) is 26.7 Å². The molecule has 0 atom stereocenters. The molecule has 8 heteroatoms. The van der Waals surface area contributed by atoms with Crippen LogP contribution in [0.5, 0.6) is 0 Å². The maximum atomic E-state index is 13.4. The molecule has 1 saturated heterocycles. The molecular weight excluding hydrogens is 472 g/mol. The Kier molecular flexibility index (Phi) is 9.44. The topological polar surface area (TPSA) is 88.7 Å². The van der Waals surface area contributed by atoms with Crippen LogP contribution in [0.1, 0.15) is 44.9 Å². The summed E-state index contributed by atoms with van der Waals surface area (Å²) in [6.07, 6.45) is 11.7. The van der Waals surface area contributed by atoms with Gasteiger partial charge in [0.25, 0.3) is 11.5 Å². The number of hydrogen-bond donors (Lipinski definition) is 3. The van der Waals surface area contributed by atoms with E-state index in [1.807, 2.05) is 64.4 Å². The molecule has 0 bridgehead atoms. The number of hydrogen-bond acceptors (Lipinski definition) is 6. The number of aryl methyl sites for hydroxylation is 1. The third kappa shape index (κ3) is 7.48.